The van der Waals surface area contributed by atoms with E-state index in [1.807, 2.05) is 0 Å². The Morgan fingerprint density at radius 2 is 2.38 bits per heavy atom. The largest absolute Gasteiger partial charge is 0.381 e. The summed E-state index contributed by atoms with van der Waals surface area (Å²) < 4.78 is 5.38. The molecule has 1 aliphatic rings. The van der Waals surface area contributed by atoms with Gasteiger partial charge in [-0.15, -0.1) is 11.3 Å². The third-order valence-corrected chi connectivity index (χ3v) is 4.97. The Bertz CT molecular complexity index is 614. The zero-order valence-electron chi connectivity index (χ0n) is 12.0. The van der Waals surface area contributed by atoms with Gasteiger partial charge in [0.05, 0.1) is 30.6 Å². The van der Waals surface area contributed by atoms with Crippen molar-refractivity contribution in [2.45, 2.75) is 32.2 Å². The van der Waals surface area contributed by atoms with Crippen LogP contribution in [0.1, 0.15) is 45.1 Å². The van der Waals surface area contributed by atoms with Crippen LogP contribution in [0.25, 0.3) is 0 Å². The average molecular weight is 305 g/mol. The van der Waals surface area contributed by atoms with Gasteiger partial charge in [-0.25, -0.2) is 0 Å². The molecular weight excluding hydrogens is 286 g/mol. The first-order valence-corrected chi connectivity index (χ1v) is 8.06. The normalized spacial score (nSPS) is 18.0. The van der Waals surface area contributed by atoms with Gasteiger partial charge in [-0.1, -0.05) is 6.92 Å². The minimum absolute atomic E-state index is 0.0721. The lowest BCUT2D eigenvalue weighted by molar-refractivity contribution is 0.0950. The Morgan fingerprint density at radius 3 is 3.10 bits per heavy atom. The van der Waals surface area contributed by atoms with Crippen molar-refractivity contribution in [3.63, 3.8) is 0 Å². The molecule has 2 N–H and O–H groups in total. The van der Waals surface area contributed by atoms with E-state index in [0.29, 0.717) is 18.7 Å². The van der Waals surface area contributed by atoms with Crippen LogP contribution in [0.3, 0.4) is 0 Å². The molecule has 0 radical (unpaired) electrons. The number of amides is 1. The van der Waals surface area contributed by atoms with Crippen LogP contribution in [0.15, 0.2) is 18.3 Å². The maximum atomic E-state index is 12.3. The first-order chi connectivity index (χ1) is 10.3. The molecule has 1 saturated heterocycles. The monoisotopic (exact) mass is 305 g/mol. The minimum atomic E-state index is -0.0721. The van der Waals surface area contributed by atoms with Crippen LogP contribution in [0.4, 0.5) is 0 Å². The van der Waals surface area contributed by atoms with Gasteiger partial charge in [0.25, 0.3) is 5.91 Å². The number of ether oxygens (including phenoxy) is 1. The molecule has 0 saturated carbocycles. The summed E-state index contributed by atoms with van der Waals surface area (Å²) in [5.74, 6) is 0.179. The van der Waals surface area contributed by atoms with E-state index in [4.69, 9.17) is 4.74 Å². The van der Waals surface area contributed by atoms with Crippen molar-refractivity contribution >= 4 is 17.2 Å². The second-order valence-corrected chi connectivity index (χ2v) is 6.41. The summed E-state index contributed by atoms with van der Waals surface area (Å²) >= 11 is 1.74. The van der Waals surface area contributed by atoms with Crippen molar-refractivity contribution in [3.05, 3.63) is 39.3 Å². The highest BCUT2D eigenvalue weighted by Gasteiger charge is 2.25. The van der Waals surface area contributed by atoms with E-state index in [9.17, 15) is 4.79 Å². The highest BCUT2D eigenvalue weighted by Crippen LogP contribution is 2.26. The molecule has 21 heavy (non-hydrogen) atoms. The first kappa shape index (κ1) is 14.3. The van der Waals surface area contributed by atoms with Gasteiger partial charge in [0.1, 0.15) is 0 Å². The Kier molecular flexibility index (Phi) is 4.36. The fourth-order valence-electron chi connectivity index (χ4n) is 2.52. The summed E-state index contributed by atoms with van der Waals surface area (Å²) in [4.78, 5) is 14.8. The molecule has 2 aromatic rings. The highest BCUT2D eigenvalue weighted by molar-refractivity contribution is 7.11. The van der Waals surface area contributed by atoms with E-state index >= 15 is 0 Å². The van der Waals surface area contributed by atoms with Gasteiger partial charge in [0.15, 0.2) is 0 Å². The topological polar surface area (TPSA) is 67.0 Å². The zero-order valence-corrected chi connectivity index (χ0v) is 12.8. The molecular formula is C15H19N3O2S. The first-order valence-electron chi connectivity index (χ1n) is 7.24. The molecule has 0 spiro atoms. The van der Waals surface area contributed by atoms with Gasteiger partial charge >= 0.3 is 0 Å². The summed E-state index contributed by atoms with van der Waals surface area (Å²) in [6.07, 6.45) is 3.58. The fourth-order valence-corrected chi connectivity index (χ4v) is 3.42. The second kappa shape index (κ2) is 6.41. The van der Waals surface area contributed by atoms with Gasteiger partial charge in [0, 0.05) is 22.3 Å². The standard InChI is InChI=1S/C15H19N3O2S/c1-2-11-3-4-12(21-11)7-16-15(19)13-8-17-18-14(13)10-5-6-20-9-10/h3-4,8,10H,2,5-7,9H2,1H3,(H,16,19)(H,17,18). The van der Waals surface area contributed by atoms with Gasteiger partial charge in [0.2, 0.25) is 0 Å². The zero-order chi connectivity index (χ0) is 14.7. The summed E-state index contributed by atoms with van der Waals surface area (Å²) in [6, 6.07) is 4.19. The van der Waals surface area contributed by atoms with Crippen LogP contribution in [0, 0.1) is 0 Å². The molecule has 0 aromatic carbocycles. The van der Waals surface area contributed by atoms with E-state index in [1.165, 1.54) is 9.75 Å². The molecule has 1 aliphatic heterocycles. The van der Waals surface area contributed by atoms with Crippen LogP contribution in [-0.2, 0) is 17.7 Å². The van der Waals surface area contributed by atoms with Crippen molar-refractivity contribution in [3.8, 4) is 0 Å². The molecule has 2 aromatic heterocycles. The van der Waals surface area contributed by atoms with E-state index < -0.39 is 0 Å². The number of aromatic nitrogens is 2. The highest BCUT2D eigenvalue weighted by atomic mass is 32.1. The predicted octanol–water partition coefficient (Wildman–Crippen LogP) is 2.47. The van der Waals surface area contributed by atoms with Crippen LogP contribution in [-0.4, -0.2) is 29.3 Å². The average Bonchev–Trinajstić information content (AvgIpc) is 3.24. The molecule has 5 nitrogen and oxygen atoms in total. The number of nitrogens with one attached hydrogen (secondary N) is 2. The molecule has 3 rings (SSSR count). The number of thiophene rings is 1. The molecule has 0 aliphatic carbocycles. The lowest BCUT2D eigenvalue weighted by atomic mass is 10.0. The molecule has 1 fully saturated rings. The Balaban J connectivity index is 1.64. The van der Waals surface area contributed by atoms with Crippen LogP contribution in [0.2, 0.25) is 0 Å². The third kappa shape index (κ3) is 3.16. The molecule has 6 heteroatoms. The Morgan fingerprint density at radius 1 is 1.52 bits per heavy atom. The number of aromatic amines is 1. The maximum absolute atomic E-state index is 12.3. The van der Waals surface area contributed by atoms with Crippen molar-refractivity contribution in [1.82, 2.24) is 15.5 Å². The number of carbonyl (C=O) groups excluding carboxylic acids is 1. The van der Waals surface area contributed by atoms with Crippen molar-refractivity contribution in [2.75, 3.05) is 13.2 Å². The molecule has 112 valence electrons. The molecule has 1 amide bonds. The fraction of sp³-hybridized carbons (Fsp3) is 0.467. The van der Waals surface area contributed by atoms with Gasteiger partial charge in [-0.2, -0.15) is 5.10 Å². The van der Waals surface area contributed by atoms with E-state index in [0.717, 1.165) is 25.1 Å². The second-order valence-electron chi connectivity index (χ2n) is 5.16. The Hall–Kier alpha value is -1.66. The van der Waals surface area contributed by atoms with Gasteiger partial charge in [-0.3, -0.25) is 9.89 Å². The lowest BCUT2D eigenvalue weighted by Gasteiger charge is -2.08. The number of carbonyl (C=O) groups is 1. The van der Waals surface area contributed by atoms with Crippen molar-refractivity contribution in [2.24, 2.45) is 0 Å². The van der Waals surface area contributed by atoms with E-state index in [-0.39, 0.29) is 11.8 Å². The summed E-state index contributed by atoms with van der Waals surface area (Å²) in [7, 11) is 0. The van der Waals surface area contributed by atoms with E-state index in [2.05, 4.69) is 34.6 Å². The summed E-state index contributed by atoms with van der Waals surface area (Å²) in [5, 5.41) is 9.95. The predicted molar refractivity (Wildman–Crippen MR) is 81.6 cm³/mol. The minimum Gasteiger partial charge on any atom is -0.381 e. The molecule has 0 bridgehead atoms. The number of hydrogen-bond donors (Lipinski definition) is 2. The third-order valence-electron chi connectivity index (χ3n) is 3.74. The molecule has 3 heterocycles. The molecule has 1 atom stereocenters. The maximum Gasteiger partial charge on any atom is 0.255 e. The quantitative estimate of drug-likeness (QED) is 0.891. The SMILES string of the molecule is CCc1ccc(CNC(=O)c2cn[nH]c2C2CCOC2)s1. The van der Waals surface area contributed by atoms with Gasteiger partial charge in [-0.05, 0) is 25.0 Å². The number of nitrogens with zero attached hydrogens (tertiary/aromatic N) is 1. The Labute approximate surface area is 127 Å². The number of aryl methyl sites for hydroxylation is 1. The van der Waals surface area contributed by atoms with Gasteiger partial charge < -0.3 is 10.1 Å². The number of H-pyrrole nitrogens is 1. The van der Waals surface area contributed by atoms with Crippen LogP contribution in [0.5, 0.6) is 0 Å². The number of rotatable bonds is 5. The van der Waals surface area contributed by atoms with Crippen LogP contribution >= 0.6 is 11.3 Å². The van der Waals surface area contributed by atoms with Crippen LogP contribution < -0.4 is 5.32 Å². The lowest BCUT2D eigenvalue weighted by Crippen LogP contribution is -2.23. The van der Waals surface area contributed by atoms with Crippen molar-refractivity contribution < 1.29 is 9.53 Å². The smallest absolute Gasteiger partial charge is 0.255 e. The molecule has 1 unspecified atom stereocenters. The summed E-state index contributed by atoms with van der Waals surface area (Å²) in [5.41, 5.74) is 1.53. The van der Waals surface area contributed by atoms with E-state index in [1.54, 1.807) is 17.5 Å². The summed E-state index contributed by atoms with van der Waals surface area (Å²) in [6.45, 7) is 4.11. The number of hydrogen-bond acceptors (Lipinski definition) is 4. The van der Waals surface area contributed by atoms with Crippen molar-refractivity contribution in [1.29, 1.82) is 0 Å².